The minimum Gasteiger partial charge on any atom is -0.437 e. The lowest BCUT2D eigenvalue weighted by Crippen LogP contribution is -2.54. The average molecular weight is 373 g/mol. The van der Waals surface area contributed by atoms with Gasteiger partial charge in [-0.3, -0.25) is 0 Å². The van der Waals surface area contributed by atoms with E-state index in [4.69, 9.17) is 20.9 Å². The van der Waals surface area contributed by atoms with E-state index in [-0.39, 0.29) is 0 Å². The monoisotopic (exact) mass is 372 g/mol. The summed E-state index contributed by atoms with van der Waals surface area (Å²) in [6.45, 7) is 18.9. The summed E-state index contributed by atoms with van der Waals surface area (Å²) in [6, 6.07) is 0. The van der Waals surface area contributed by atoms with E-state index in [0.717, 1.165) is 0 Å². The quantitative estimate of drug-likeness (QED) is 0.582. The van der Waals surface area contributed by atoms with Crippen LogP contribution in [0.3, 0.4) is 0 Å². The van der Waals surface area contributed by atoms with Gasteiger partial charge in [0.15, 0.2) is 8.32 Å². The Bertz CT molecular complexity index is 294. The highest BCUT2D eigenvalue weighted by molar-refractivity contribution is 6.87. The SMILES string of the molecule is CO[SiH](C)O[SiH](C)O[Si](C)(C)O[Si](C)(C)O[Si](C)(C)C. The standard InChI is InChI=1S/C10H32O5Si5/c1-11-16(2)12-17(3)13-19(7,8)15-20(9,10)14-18(4,5)6/h16-17H,1-10H3. The Balaban J connectivity index is 4.50. The minimum absolute atomic E-state index is 1.53. The molecule has 0 radical (unpaired) electrons. The molecule has 0 spiro atoms. The van der Waals surface area contributed by atoms with Crippen molar-refractivity contribution in [1.29, 1.82) is 0 Å². The Hall–Kier alpha value is 0.884. The fourth-order valence-corrected chi connectivity index (χ4v) is 20.5. The molecular formula is C10H32O5Si5. The van der Waals surface area contributed by atoms with Gasteiger partial charge in [-0.05, 0) is 58.9 Å². The van der Waals surface area contributed by atoms with E-state index in [1.165, 1.54) is 0 Å². The lowest BCUT2D eigenvalue weighted by molar-refractivity contribution is 0.288. The Morgan fingerprint density at radius 1 is 0.700 bits per heavy atom. The molecule has 0 bridgehead atoms. The zero-order valence-electron chi connectivity index (χ0n) is 14.7. The first-order chi connectivity index (χ1) is 8.76. The van der Waals surface area contributed by atoms with Crippen molar-refractivity contribution >= 4 is 44.0 Å². The molecule has 2 unspecified atom stereocenters. The molecule has 0 aromatic rings. The van der Waals surface area contributed by atoms with Crippen LogP contribution in [0.4, 0.5) is 0 Å². The van der Waals surface area contributed by atoms with Crippen LogP contribution in [0.2, 0.25) is 58.9 Å². The molecule has 0 heterocycles. The zero-order chi connectivity index (χ0) is 16.2. The van der Waals surface area contributed by atoms with E-state index in [0.29, 0.717) is 0 Å². The maximum Gasteiger partial charge on any atom is 0.313 e. The third-order valence-electron chi connectivity index (χ3n) is 2.21. The van der Waals surface area contributed by atoms with Crippen molar-refractivity contribution in [3.63, 3.8) is 0 Å². The van der Waals surface area contributed by atoms with Crippen LogP contribution >= 0.6 is 0 Å². The van der Waals surface area contributed by atoms with Gasteiger partial charge in [0, 0.05) is 7.11 Å². The van der Waals surface area contributed by atoms with E-state index in [2.05, 4.69) is 45.8 Å². The van der Waals surface area contributed by atoms with E-state index in [1.807, 2.05) is 13.1 Å². The minimum atomic E-state index is -2.22. The highest BCUT2D eigenvalue weighted by atomic mass is 28.5. The predicted molar refractivity (Wildman–Crippen MR) is 95.7 cm³/mol. The Kier molecular flexibility index (Phi) is 8.29. The third-order valence-corrected chi connectivity index (χ3v) is 17.9. The molecule has 0 saturated heterocycles. The Morgan fingerprint density at radius 2 is 1.20 bits per heavy atom. The second kappa shape index (κ2) is 7.94. The summed E-state index contributed by atoms with van der Waals surface area (Å²) in [5.74, 6) is 0. The van der Waals surface area contributed by atoms with Gasteiger partial charge in [0.2, 0.25) is 0 Å². The molecule has 0 N–H and O–H groups in total. The van der Waals surface area contributed by atoms with Gasteiger partial charge in [-0.2, -0.15) is 0 Å². The molecule has 122 valence electrons. The van der Waals surface area contributed by atoms with Crippen LogP contribution in [0.5, 0.6) is 0 Å². The molecule has 0 fully saturated rings. The smallest absolute Gasteiger partial charge is 0.313 e. The fraction of sp³-hybridized carbons (Fsp3) is 1.00. The van der Waals surface area contributed by atoms with Crippen LogP contribution < -0.4 is 0 Å². The summed E-state index contributed by atoms with van der Waals surface area (Å²) >= 11 is 0. The van der Waals surface area contributed by atoms with Gasteiger partial charge >= 0.3 is 26.4 Å². The molecule has 0 aliphatic rings. The summed E-state index contributed by atoms with van der Waals surface area (Å²) in [5, 5.41) is 0. The second-order valence-electron chi connectivity index (χ2n) is 6.74. The van der Waals surface area contributed by atoms with Gasteiger partial charge in [-0.1, -0.05) is 0 Å². The molecule has 0 aromatic heterocycles. The molecule has 0 aliphatic heterocycles. The van der Waals surface area contributed by atoms with Crippen LogP contribution in [-0.4, -0.2) is 51.1 Å². The topological polar surface area (TPSA) is 46.2 Å². The predicted octanol–water partition coefficient (Wildman–Crippen LogP) is 2.64. The summed E-state index contributed by atoms with van der Waals surface area (Å²) < 4.78 is 29.7. The summed E-state index contributed by atoms with van der Waals surface area (Å²) in [4.78, 5) is 0. The molecule has 0 rings (SSSR count). The second-order valence-corrected chi connectivity index (χ2v) is 23.0. The van der Waals surface area contributed by atoms with Crippen molar-refractivity contribution in [3.8, 4) is 0 Å². The molecule has 0 aliphatic carbocycles. The van der Waals surface area contributed by atoms with Gasteiger partial charge in [0.25, 0.3) is 9.28 Å². The zero-order valence-corrected chi connectivity index (χ0v) is 20.0. The third kappa shape index (κ3) is 10.6. The van der Waals surface area contributed by atoms with Gasteiger partial charge in [-0.15, -0.1) is 0 Å². The van der Waals surface area contributed by atoms with E-state index >= 15 is 0 Å². The molecule has 20 heavy (non-hydrogen) atoms. The first-order valence-electron chi connectivity index (χ1n) is 7.03. The van der Waals surface area contributed by atoms with E-state index in [1.54, 1.807) is 7.11 Å². The Morgan fingerprint density at radius 3 is 1.60 bits per heavy atom. The maximum atomic E-state index is 6.28. The van der Waals surface area contributed by atoms with Crippen LogP contribution in [0.25, 0.3) is 0 Å². The fourth-order valence-electron chi connectivity index (χ4n) is 2.13. The van der Waals surface area contributed by atoms with Crippen LogP contribution in [0, 0.1) is 0 Å². The van der Waals surface area contributed by atoms with Gasteiger partial charge in [-0.25, -0.2) is 0 Å². The van der Waals surface area contributed by atoms with Crippen molar-refractivity contribution < 1.29 is 20.9 Å². The number of rotatable bonds is 9. The molecular weight excluding hydrogens is 341 g/mol. The van der Waals surface area contributed by atoms with Crippen molar-refractivity contribution in [1.82, 2.24) is 0 Å². The van der Waals surface area contributed by atoms with Gasteiger partial charge < -0.3 is 20.9 Å². The van der Waals surface area contributed by atoms with E-state index in [9.17, 15) is 0 Å². The number of hydrogen-bond acceptors (Lipinski definition) is 5. The molecule has 0 aromatic carbocycles. The average Bonchev–Trinajstić information content (AvgIpc) is 2.09. The molecule has 0 amide bonds. The maximum absolute atomic E-state index is 6.28. The van der Waals surface area contributed by atoms with Crippen molar-refractivity contribution in [2.45, 2.75) is 58.9 Å². The summed E-state index contributed by atoms with van der Waals surface area (Å²) in [5.41, 5.74) is 0. The van der Waals surface area contributed by atoms with Crippen LogP contribution in [0.15, 0.2) is 0 Å². The summed E-state index contributed by atoms with van der Waals surface area (Å²) in [7, 11) is -7.49. The molecule has 2 atom stereocenters. The molecule has 10 heteroatoms. The van der Waals surface area contributed by atoms with E-state index < -0.39 is 44.0 Å². The Labute approximate surface area is 131 Å². The lowest BCUT2D eigenvalue weighted by Gasteiger charge is -2.38. The molecule has 0 saturated carbocycles. The summed E-state index contributed by atoms with van der Waals surface area (Å²) in [6.07, 6.45) is 0. The van der Waals surface area contributed by atoms with Crippen LogP contribution in [0.1, 0.15) is 0 Å². The number of hydrogen-bond donors (Lipinski definition) is 0. The largest absolute Gasteiger partial charge is 0.437 e. The van der Waals surface area contributed by atoms with Gasteiger partial charge in [0.1, 0.15) is 0 Å². The lowest BCUT2D eigenvalue weighted by atomic mass is 11.8. The normalized spacial score (nSPS) is 17.1. The van der Waals surface area contributed by atoms with Crippen molar-refractivity contribution in [2.75, 3.05) is 7.11 Å². The first kappa shape index (κ1) is 20.9. The van der Waals surface area contributed by atoms with Crippen molar-refractivity contribution in [2.24, 2.45) is 0 Å². The van der Waals surface area contributed by atoms with Crippen molar-refractivity contribution in [3.05, 3.63) is 0 Å². The highest BCUT2D eigenvalue weighted by Gasteiger charge is 2.40. The first-order valence-corrected chi connectivity index (χ1v) is 20.3. The van der Waals surface area contributed by atoms with Crippen LogP contribution in [-0.2, 0) is 20.9 Å². The highest BCUT2D eigenvalue weighted by Crippen LogP contribution is 2.21. The molecule has 5 nitrogen and oxygen atoms in total. The van der Waals surface area contributed by atoms with Gasteiger partial charge in [0.05, 0.1) is 0 Å².